The first-order chi connectivity index (χ1) is 13.5. The van der Waals surface area contributed by atoms with Crippen LogP contribution in [0.4, 0.5) is 0 Å². The molecule has 2 heterocycles. The smallest absolute Gasteiger partial charge is 0.239 e. The fraction of sp³-hybridized carbons (Fsp3) is 0.905. The number of guanidine groups is 1. The first-order valence-corrected chi connectivity index (χ1v) is 11.2. The molecule has 1 saturated carbocycles. The normalized spacial score (nSPS) is 24.0. The van der Waals surface area contributed by atoms with Crippen molar-refractivity contribution < 1.29 is 4.79 Å². The number of nitrogens with one attached hydrogen (secondary N) is 1. The summed E-state index contributed by atoms with van der Waals surface area (Å²) in [5.74, 6) is 2.16. The third kappa shape index (κ3) is 5.38. The van der Waals surface area contributed by atoms with Gasteiger partial charge in [0.25, 0.3) is 0 Å². The number of carbonyl (C=O) groups excluding carboxylic acids is 1. The fourth-order valence-electron chi connectivity index (χ4n) is 4.50. The number of carbonyl (C=O) groups is 1. The van der Waals surface area contributed by atoms with Gasteiger partial charge in [0.15, 0.2) is 5.96 Å². The molecule has 1 N–H and O–H groups in total. The summed E-state index contributed by atoms with van der Waals surface area (Å²) < 4.78 is 0. The van der Waals surface area contributed by atoms with Gasteiger partial charge in [-0.3, -0.25) is 14.7 Å². The largest absolute Gasteiger partial charge is 0.357 e. The van der Waals surface area contributed by atoms with E-state index in [1.54, 1.807) is 0 Å². The average molecular weight is 393 g/mol. The molecule has 160 valence electrons. The molecule has 0 aromatic heterocycles. The first-order valence-electron chi connectivity index (χ1n) is 11.2. The molecule has 1 amide bonds. The lowest BCUT2D eigenvalue weighted by Gasteiger charge is -2.39. The van der Waals surface area contributed by atoms with Crippen LogP contribution in [0.15, 0.2) is 4.99 Å². The van der Waals surface area contributed by atoms with Crippen LogP contribution in [0.2, 0.25) is 0 Å². The number of likely N-dealkylation sites (tertiary alicyclic amines) is 1. The van der Waals surface area contributed by atoms with Crippen molar-refractivity contribution in [1.82, 2.24) is 24.9 Å². The van der Waals surface area contributed by atoms with Crippen molar-refractivity contribution in [1.29, 1.82) is 0 Å². The number of hydrogen-bond acceptors (Lipinski definition) is 4. The lowest BCUT2D eigenvalue weighted by atomic mass is 10.1. The molecule has 7 heteroatoms. The van der Waals surface area contributed by atoms with E-state index in [0.29, 0.717) is 11.9 Å². The molecule has 3 aliphatic rings. The van der Waals surface area contributed by atoms with Crippen molar-refractivity contribution in [2.24, 2.45) is 10.9 Å². The van der Waals surface area contributed by atoms with Crippen molar-refractivity contribution in [3.8, 4) is 0 Å². The summed E-state index contributed by atoms with van der Waals surface area (Å²) in [5, 5.41) is 3.48. The van der Waals surface area contributed by atoms with E-state index in [2.05, 4.69) is 48.0 Å². The van der Waals surface area contributed by atoms with E-state index < -0.39 is 0 Å². The second-order valence-electron chi connectivity index (χ2n) is 8.79. The van der Waals surface area contributed by atoms with Gasteiger partial charge in [-0.15, -0.1) is 0 Å². The Morgan fingerprint density at radius 3 is 2.25 bits per heavy atom. The summed E-state index contributed by atoms with van der Waals surface area (Å²) in [6.07, 6.45) is 5.00. The van der Waals surface area contributed by atoms with E-state index in [1.165, 1.54) is 12.8 Å². The summed E-state index contributed by atoms with van der Waals surface area (Å²) in [5.41, 5.74) is 0. The zero-order valence-corrected chi connectivity index (χ0v) is 18.4. The molecule has 3 rings (SSSR count). The molecule has 0 aromatic rings. The Morgan fingerprint density at radius 2 is 1.71 bits per heavy atom. The van der Waals surface area contributed by atoms with Gasteiger partial charge in [0.05, 0.1) is 12.6 Å². The molecule has 28 heavy (non-hydrogen) atoms. The van der Waals surface area contributed by atoms with E-state index in [-0.39, 0.29) is 6.04 Å². The van der Waals surface area contributed by atoms with E-state index >= 15 is 0 Å². The molecule has 0 spiro atoms. The van der Waals surface area contributed by atoms with Crippen molar-refractivity contribution in [2.45, 2.75) is 51.6 Å². The molecular weight excluding hydrogens is 352 g/mol. The SMILES string of the molecule is CCNC(=NCC(C1CC1)N(C)C)N1CCN(C(C)C(=O)N2CCCC2)CC1. The van der Waals surface area contributed by atoms with Gasteiger partial charge in [-0.05, 0) is 59.5 Å². The Morgan fingerprint density at radius 1 is 1.07 bits per heavy atom. The van der Waals surface area contributed by atoms with Gasteiger partial charge in [0.1, 0.15) is 0 Å². The lowest BCUT2D eigenvalue weighted by Crippen LogP contribution is -2.57. The first kappa shape index (κ1) is 21.4. The van der Waals surface area contributed by atoms with E-state index in [4.69, 9.17) is 4.99 Å². The second-order valence-corrected chi connectivity index (χ2v) is 8.79. The van der Waals surface area contributed by atoms with Crippen LogP contribution in [0.5, 0.6) is 0 Å². The number of amides is 1. The van der Waals surface area contributed by atoms with Gasteiger partial charge >= 0.3 is 0 Å². The topological polar surface area (TPSA) is 54.4 Å². The zero-order valence-electron chi connectivity index (χ0n) is 18.4. The predicted octanol–water partition coefficient (Wildman–Crippen LogP) is 0.921. The molecule has 2 saturated heterocycles. The molecule has 1 aliphatic carbocycles. The molecule has 3 fully saturated rings. The van der Waals surface area contributed by atoms with Crippen molar-refractivity contribution in [3.05, 3.63) is 0 Å². The Balaban J connectivity index is 1.53. The number of rotatable bonds is 7. The van der Waals surface area contributed by atoms with Gasteiger partial charge in [0.2, 0.25) is 5.91 Å². The van der Waals surface area contributed by atoms with E-state index in [1.807, 2.05) is 4.90 Å². The van der Waals surface area contributed by atoms with Crippen LogP contribution < -0.4 is 5.32 Å². The monoisotopic (exact) mass is 392 g/mol. The number of likely N-dealkylation sites (N-methyl/N-ethyl adjacent to an activating group) is 1. The second kappa shape index (κ2) is 9.92. The maximum atomic E-state index is 12.7. The molecule has 2 aliphatic heterocycles. The molecule has 0 bridgehead atoms. The van der Waals surface area contributed by atoms with Gasteiger partial charge in [-0.25, -0.2) is 0 Å². The lowest BCUT2D eigenvalue weighted by molar-refractivity contribution is -0.135. The van der Waals surface area contributed by atoms with Crippen LogP contribution in [0.3, 0.4) is 0 Å². The number of piperazine rings is 1. The van der Waals surface area contributed by atoms with Crippen LogP contribution in [0, 0.1) is 5.92 Å². The van der Waals surface area contributed by atoms with Gasteiger partial charge < -0.3 is 20.0 Å². The Bertz CT molecular complexity index is 531. The number of hydrogen-bond donors (Lipinski definition) is 1. The maximum Gasteiger partial charge on any atom is 0.239 e. The van der Waals surface area contributed by atoms with Crippen molar-refractivity contribution in [2.75, 3.05) is 66.5 Å². The van der Waals surface area contributed by atoms with Crippen LogP contribution in [0.25, 0.3) is 0 Å². The average Bonchev–Trinajstić information content (AvgIpc) is 3.38. The highest BCUT2D eigenvalue weighted by molar-refractivity contribution is 5.82. The third-order valence-electron chi connectivity index (χ3n) is 6.53. The molecule has 7 nitrogen and oxygen atoms in total. The summed E-state index contributed by atoms with van der Waals surface area (Å²) in [6, 6.07) is 0.542. The Hall–Kier alpha value is -1.34. The summed E-state index contributed by atoms with van der Waals surface area (Å²) in [6.45, 7) is 11.5. The zero-order chi connectivity index (χ0) is 20.1. The fourth-order valence-corrected chi connectivity index (χ4v) is 4.50. The van der Waals surface area contributed by atoms with Crippen molar-refractivity contribution in [3.63, 3.8) is 0 Å². The van der Waals surface area contributed by atoms with Gasteiger partial charge in [-0.1, -0.05) is 0 Å². The molecule has 2 atom stereocenters. The standard InChI is InChI=1S/C21H40N6O/c1-5-22-21(23-16-19(24(3)4)18-8-9-18)27-14-12-25(13-15-27)17(2)20(28)26-10-6-7-11-26/h17-19H,5-16H2,1-4H3,(H,22,23). The minimum atomic E-state index is -0.00670. The predicted molar refractivity (Wildman–Crippen MR) is 115 cm³/mol. The molecular formula is C21H40N6O. The summed E-state index contributed by atoms with van der Waals surface area (Å²) in [4.78, 5) is 26.8. The highest BCUT2D eigenvalue weighted by atomic mass is 16.2. The molecule has 2 unspecified atom stereocenters. The third-order valence-corrected chi connectivity index (χ3v) is 6.53. The minimum Gasteiger partial charge on any atom is -0.357 e. The van der Waals surface area contributed by atoms with Gasteiger partial charge in [-0.2, -0.15) is 0 Å². The molecule has 0 radical (unpaired) electrons. The van der Waals surface area contributed by atoms with E-state index in [0.717, 1.165) is 77.1 Å². The van der Waals surface area contributed by atoms with Crippen molar-refractivity contribution >= 4 is 11.9 Å². The highest BCUT2D eigenvalue weighted by Gasteiger charge is 2.33. The Kier molecular flexibility index (Phi) is 7.57. The highest BCUT2D eigenvalue weighted by Crippen LogP contribution is 2.34. The molecule has 0 aromatic carbocycles. The number of aliphatic imine (C=N–C) groups is 1. The quantitative estimate of drug-likeness (QED) is 0.516. The van der Waals surface area contributed by atoms with E-state index in [9.17, 15) is 4.79 Å². The van der Waals surface area contributed by atoms with Gasteiger partial charge in [0, 0.05) is 51.9 Å². The van der Waals surface area contributed by atoms with Crippen LogP contribution in [0.1, 0.15) is 39.5 Å². The number of nitrogens with zero attached hydrogens (tertiary/aromatic N) is 5. The van der Waals surface area contributed by atoms with Crippen LogP contribution in [-0.2, 0) is 4.79 Å². The summed E-state index contributed by atoms with van der Waals surface area (Å²) >= 11 is 0. The summed E-state index contributed by atoms with van der Waals surface area (Å²) in [7, 11) is 4.34. The van der Waals surface area contributed by atoms with Crippen LogP contribution >= 0.6 is 0 Å². The Labute approximate surface area is 171 Å². The van der Waals surface area contributed by atoms with Crippen LogP contribution in [-0.4, -0.2) is 110 Å². The maximum absolute atomic E-state index is 12.7. The minimum absolute atomic E-state index is 0.00670.